The second-order valence-corrected chi connectivity index (χ2v) is 11.1. The molecule has 0 unspecified atom stereocenters. The van der Waals surface area contributed by atoms with Crippen molar-refractivity contribution in [1.82, 2.24) is 4.98 Å². The topological polar surface area (TPSA) is 104 Å². The first-order valence-electron chi connectivity index (χ1n) is 15.5. The number of nitrogens with zero attached hydrogens (tertiary/aromatic N) is 3. The number of anilines is 1. The summed E-state index contributed by atoms with van der Waals surface area (Å²) in [5, 5.41) is 10.5. The first kappa shape index (κ1) is 32.9. The molecule has 0 bridgehead atoms. The maximum Gasteiger partial charge on any atom is 0.338 e. The number of hydrogen-bond donors (Lipinski definition) is 0. The smallest absolute Gasteiger partial charge is 0.338 e. The first-order valence-corrected chi connectivity index (χ1v) is 15.5. The molecule has 0 saturated heterocycles. The van der Waals surface area contributed by atoms with Gasteiger partial charge in [-0.3, -0.25) is 0 Å². The lowest BCUT2D eigenvalue weighted by Gasteiger charge is -2.26. The molecule has 1 aromatic heterocycles. The van der Waals surface area contributed by atoms with Crippen LogP contribution >= 0.6 is 0 Å². The summed E-state index contributed by atoms with van der Waals surface area (Å²) in [7, 11) is 0. The minimum atomic E-state index is -0.797. The fourth-order valence-corrected chi connectivity index (χ4v) is 5.10. The summed E-state index contributed by atoms with van der Waals surface area (Å²) in [6.07, 6.45) is 2.78. The molecule has 0 atom stereocenters. The third kappa shape index (κ3) is 10.3. The van der Waals surface area contributed by atoms with E-state index in [1.54, 1.807) is 18.2 Å². The molecule has 0 aliphatic rings. The number of halogens is 1. The number of ether oxygens (including phenoxy) is 2. The van der Waals surface area contributed by atoms with Crippen molar-refractivity contribution in [2.45, 2.75) is 45.4 Å². The second kappa shape index (κ2) is 16.7. The van der Waals surface area contributed by atoms with E-state index in [0.29, 0.717) is 43.9 Å². The SMILES string of the molecule is O=C(OCCCCCCO[N+](=O)[O-])c1ccc(CN(Cc2cccc(F)c2)c2ccc(OCc3ccc4ccccc4n3)cc2)cc1. The lowest BCUT2D eigenvalue weighted by molar-refractivity contribution is -0.757. The van der Waals surface area contributed by atoms with Crippen LogP contribution in [0.25, 0.3) is 10.9 Å². The largest absolute Gasteiger partial charge is 0.487 e. The minimum absolute atomic E-state index is 0.0726. The molecule has 0 spiro atoms. The molecule has 5 aromatic rings. The Labute approximate surface area is 272 Å². The lowest BCUT2D eigenvalue weighted by atomic mass is 10.1. The average Bonchev–Trinajstić information content (AvgIpc) is 3.08. The first-order chi connectivity index (χ1) is 22.9. The van der Waals surface area contributed by atoms with Crippen molar-refractivity contribution in [3.05, 3.63) is 148 Å². The Hall–Kier alpha value is -5.51. The fraction of sp³-hybridized carbons (Fsp3) is 0.243. The van der Waals surface area contributed by atoms with Gasteiger partial charge in [0.1, 0.15) is 18.2 Å². The summed E-state index contributed by atoms with van der Waals surface area (Å²) < 4.78 is 25.4. The molecule has 1 heterocycles. The van der Waals surface area contributed by atoms with Crippen molar-refractivity contribution in [1.29, 1.82) is 0 Å². The monoisotopic (exact) mass is 637 g/mol. The highest BCUT2D eigenvalue weighted by Crippen LogP contribution is 2.25. The van der Waals surface area contributed by atoms with E-state index < -0.39 is 11.1 Å². The number of pyridine rings is 1. The fourth-order valence-electron chi connectivity index (χ4n) is 5.10. The van der Waals surface area contributed by atoms with Crippen LogP contribution in [0.3, 0.4) is 0 Å². The van der Waals surface area contributed by atoms with Crippen LogP contribution in [0, 0.1) is 15.9 Å². The minimum Gasteiger partial charge on any atom is -0.487 e. The number of fused-ring (bicyclic) bond motifs is 1. The number of carbonyl (C=O) groups excluding carboxylic acids is 1. The predicted molar refractivity (Wildman–Crippen MR) is 177 cm³/mol. The van der Waals surface area contributed by atoms with Crippen LogP contribution in [0.2, 0.25) is 0 Å². The summed E-state index contributed by atoms with van der Waals surface area (Å²) in [6, 6.07) is 33.5. The van der Waals surface area contributed by atoms with E-state index in [4.69, 9.17) is 9.47 Å². The molecule has 9 nitrogen and oxygen atoms in total. The van der Waals surface area contributed by atoms with Crippen LogP contribution < -0.4 is 9.64 Å². The van der Waals surface area contributed by atoms with E-state index in [9.17, 15) is 19.3 Å². The van der Waals surface area contributed by atoms with E-state index >= 15 is 0 Å². The number of para-hydroxylation sites is 1. The Bertz CT molecular complexity index is 1770. The number of hydrogen-bond acceptors (Lipinski definition) is 8. The Balaban J connectivity index is 1.17. The molecular weight excluding hydrogens is 601 g/mol. The van der Waals surface area contributed by atoms with Gasteiger partial charge in [0.2, 0.25) is 0 Å². The predicted octanol–water partition coefficient (Wildman–Crippen LogP) is 8.09. The summed E-state index contributed by atoms with van der Waals surface area (Å²) in [5.41, 5.74) is 4.95. The molecule has 0 fully saturated rings. The molecule has 0 radical (unpaired) electrons. The van der Waals surface area contributed by atoms with Crippen LogP contribution in [0.5, 0.6) is 5.75 Å². The van der Waals surface area contributed by atoms with Crippen molar-refractivity contribution in [3.63, 3.8) is 0 Å². The third-order valence-corrected chi connectivity index (χ3v) is 7.54. The van der Waals surface area contributed by atoms with Crippen LogP contribution in [0.15, 0.2) is 109 Å². The van der Waals surface area contributed by atoms with E-state index in [-0.39, 0.29) is 19.0 Å². The Morgan fingerprint density at radius 2 is 1.53 bits per heavy atom. The van der Waals surface area contributed by atoms with Gasteiger partial charge in [-0.05, 0) is 91.1 Å². The van der Waals surface area contributed by atoms with Crippen molar-refractivity contribution in [2.75, 3.05) is 18.1 Å². The molecule has 10 heteroatoms. The zero-order valence-corrected chi connectivity index (χ0v) is 25.9. The van der Waals surface area contributed by atoms with Crippen molar-refractivity contribution < 1.29 is 28.6 Å². The molecule has 0 saturated carbocycles. The number of esters is 1. The molecule has 5 rings (SSSR count). The average molecular weight is 638 g/mol. The zero-order chi connectivity index (χ0) is 32.8. The number of carbonyl (C=O) groups is 1. The highest BCUT2D eigenvalue weighted by atomic mass is 19.1. The van der Waals surface area contributed by atoms with Crippen LogP contribution in [-0.4, -0.2) is 29.3 Å². The molecule has 242 valence electrons. The second-order valence-electron chi connectivity index (χ2n) is 11.1. The summed E-state index contributed by atoms with van der Waals surface area (Å²) in [4.78, 5) is 33.8. The molecule has 47 heavy (non-hydrogen) atoms. The number of rotatable bonds is 17. The zero-order valence-electron chi connectivity index (χ0n) is 25.9. The Morgan fingerprint density at radius 1 is 0.787 bits per heavy atom. The summed E-state index contributed by atoms with van der Waals surface area (Å²) >= 11 is 0. The van der Waals surface area contributed by atoms with Gasteiger partial charge in [0.25, 0.3) is 5.09 Å². The molecule has 4 aromatic carbocycles. The van der Waals surface area contributed by atoms with Gasteiger partial charge in [-0.1, -0.05) is 55.0 Å². The number of benzene rings is 4. The Morgan fingerprint density at radius 3 is 2.30 bits per heavy atom. The van der Waals surface area contributed by atoms with E-state index in [0.717, 1.165) is 46.3 Å². The highest BCUT2D eigenvalue weighted by Gasteiger charge is 2.12. The van der Waals surface area contributed by atoms with Gasteiger partial charge in [0.15, 0.2) is 0 Å². The number of unbranched alkanes of at least 4 members (excludes halogenated alkanes) is 3. The van der Waals surface area contributed by atoms with Gasteiger partial charge in [-0.2, -0.15) is 0 Å². The highest BCUT2D eigenvalue weighted by molar-refractivity contribution is 5.89. The maximum absolute atomic E-state index is 14.0. The summed E-state index contributed by atoms with van der Waals surface area (Å²) in [6.45, 7) is 1.68. The van der Waals surface area contributed by atoms with Crippen LogP contribution in [0.1, 0.15) is 52.9 Å². The quantitative estimate of drug-likeness (QED) is 0.0436. The lowest BCUT2D eigenvalue weighted by Crippen LogP contribution is -2.22. The maximum atomic E-state index is 14.0. The standard InChI is InChI=1S/C37H36FN3O6/c38-32-10-7-8-29(24-32)26-40(25-28-12-14-31(15-13-28)37(42)45-22-5-1-2-6-23-47-41(43)44)34-18-20-35(21-19-34)46-27-33-17-16-30-9-3-4-11-36(30)39-33/h3-4,7-21,24H,1-2,5-6,22-23,25-27H2. The molecular formula is C37H36FN3O6. The molecule has 0 amide bonds. The van der Waals surface area contributed by atoms with Gasteiger partial charge in [-0.25, -0.2) is 14.2 Å². The van der Waals surface area contributed by atoms with Gasteiger partial charge in [0.05, 0.1) is 30.0 Å². The van der Waals surface area contributed by atoms with Crippen LogP contribution in [0.4, 0.5) is 10.1 Å². The van der Waals surface area contributed by atoms with Crippen molar-refractivity contribution >= 4 is 22.6 Å². The van der Waals surface area contributed by atoms with Crippen molar-refractivity contribution in [3.8, 4) is 5.75 Å². The van der Waals surface area contributed by atoms with E-state index in [2.05, 4.69) is 14.7 Å². The van der Waals surface area contributed by atoms with Gasteiger partial charge >= 0.3 is 5.97 Å². The Kier molecular flexibility index (Phi) is 11.7. The van der Waals surface area contributed by atoms with E-state index in [1.807, 2.05) is 78.9 Å². The molecule has 0 aliphatic carbocycles. The van der Waals surface area contributed by atoms with Gasteiger partial charge in [0, 0.05) is 24.2 Å². The van der Waals surface area contributed by atoms with Crippen molar-refractivity contribution in [2.24, 2.45) is 0 Å². The molecule has 0 N–H and O–H groups in total. The summed E-state index contributed by atoms with van der Waals surface area (Å²) in [5.74, 6) is 0.0145. The third-order valence-electron chi connectivity index (χ3n) is 7.54. The normalized spacial score (nSPS) is 10.8. The van der Waals surface area contributed by atoms with E-state index in [1.165, 1.54) is 12.1 Å². The van der Waals surface area contributed by atoms with Gasteiger partial charge < -0.3 is 19.2 Å². The number of aromatic nitrogens is 1. The van der Waals surface area contributed by atoms with Crippen LogP contribution in [-0.2, 0) is 29.3 Å². The van der Waals surface area contributed by atoms with Gasteiger partial charge in [-0.15, -0.1) is 10.1 Å². The molecule has 0 aliphatic heterocycles.